The van der Waals surface area contributed by atoms with E-state index in [4.69, 9.17) is 4.42 Å². The fraction of sp³-hybridized carbons (Fsp3) is 0.111. The number of benzene rings is 1. The van der Waals surface area contributed by atoms with Crippen molar-refractivity contribution in [3.05, 3.63) is 76.4 Å². The highest BCUT2D eigenvalue weighted by molar-refractivity contribution is 7.08. The molecule has 2 heterocycles. The van der Waals surface area contributed by atoms with E-state index in [1.807, 2.05) is 5.32 Å². The highest BCUT2D eigenvalue weighted by atomic mass is 32.1. The van der Waals surface area contributed by atoms with Gasteiger partial charge in [0.2, 0.25) is 0 Å². The van der Waals surface area contributed by atoms with Gasteiger partial charge in [-0.3, -0.25) is 9.59 Å². The van der Waals surface area contributed by atoms with Crippen LogP contribution in [0.15, 0.2) is 57.8 Å². The molecule has 0 bridgehead atoms. The summed E-state index contributed by atoms with van der Waals surface area (Å²) >= 11 is 1.34. The van der Waals surface area contributed by atoms with Crippen molar-refractivity contribution in [2.75, 3.05) is 11.9 Å². The lowest BCUT2D eigenvalue weighted by Crippen LogP contribution is -2.45. The van der Waals surface area contributed by atoms with E-state index in [1.165, 1.54) is 23.7 Å². The van der Waals surface area contributed by atoms with Crippen molar-refractivity contribution in [3.8, 4) is 0 Å². The van der Waals surface area contributed by atoms with E-state index in [9.17, 15) is 23.5 Å². The Kier molecular flexibility index (Phi) is 5.33. The molecule has 0 fully saturated rings. The molecule has 0 aliphatic heterocycles. The molecule has 6 nitrogen and oxygen atoms in total. The van der Waals surface area contributed by atoms with Gasteiger partial charge in [-0.1, -0.05) is 0 Å². The van der Waals surface area contributed by atoms with E-state index < -0.39 is 34.7 Å². The zero-order valence-electron chi connectivity index (χ0n) is 13.7. The first kappa shape index (κ1) is 18.7. The molecule has 27 heavy (non-hydrogen) atoms. The molecule has 1 atom stereocenters. The Morgan fingerprint density at radius 2 is 2.00 bits per heavy atom. The van der Waals surface area contributed by atoms with Crippen LogP contribution < -0.4 is 10.6 Å². The molecule has 0 aliphatic rings. The molecule has 3 rings (SSSR count). The van der Waals surface area contributed by atoms with Crippen LogP contribution >= 0.6 is 11.3 Å². The fourth-order valence-corrected chi connectivity index (χ4v) is 3.13. The summed E-state index contributed by atoms with van der Waals surface area (Å²) in [5.41, 5.74) is -1.68. The van der Waals surface area contributed by atoms with Crippen molar-refractivity contribution in [1.82, 2.24) is 5.32 Å². The molecule has 3 N–H and O–H groups in total. The smallest absolute Gasteiger partial charge is 0.313 e. The summed E-state index contributed by atoms with van der Waals surface area (Å²) in [6.07, 6.45) is 1.37. The maximum Gasteiger partial charge on any atom is 0.313 e. The lowest BCUT2D eigenvalue weighted by Gasteiger charge is -2.25. The van der Waals surface area contributed by atoms with Crippen molar-refractivity contribution < 1.29 is 27.9 Å². The van der Waals surface area contributed by atoms with Crippen LogP contribution in [0.4, 0.5) is 14.5 Å². The number of carbonyl (C=O) groups is 2. The zero-order valence-corrected chi connectivity index (χ0v) is 14.6. The van der Waals surface area contributed by atoms with Crippen molar-refractivity contribution in [3.63, 3.8) is 0 Å². The summed E-state index contributed by atoms with van der Waals surface area (Å²) in [5, 5.41) is 18.7. The Morgan fingerprint density at radius 1 is 1.19 bits per heavy atom. The van der Waals surface area contributed by atoms with Gasteiger partial charge in [-0.15, -0.1) is 0 Å². The summed E-state index contributed by atoms with van der Waals surface area (Å²) in [4.78, 5) is 24.0. The molecule has 1 aromatic carbocycles. The molecular formula is C18H14F2N2O4S. The maximum absolute atomic E-state index is 13.6. The number of aliphatic hydroxyl groups is 1. The molecule has 0 aliphatic carbocycles. The lowest BCUT2D eigenvalue weighted by atomic mass is 9.93. The molecule has 3 aromatic rings. The Morgan fingerprint density at radius 3 is 2.67 bits per heavy atom. The number of halogens is 2. The fourth-order valence-electron chi connectivity index (χ4n) is 2.41. The highest BCUT2D eigenvalue weighted by Gasteiger charge is 2.36. The van der Waals surface area contributed by atoms with Crippen molar-refractivity contribution in [2.45, 2.75) is 5.60 Å². The van der Waals surface area contributed by atoms with E-state index >= 15 is 0 Å². The van der Waals surface area contributed by atoms with Gasteiger partial charge in [0, 0.05) is 11.6 Å². The van der Waals surface area contributed by atoms with Gasteiger partial charge in [-0.25, -0.2) is 8.78 Å². The van der Waals surface area contributed by atoms with Gasteiger partial charge in [-0.2, -0.15) is 11.3 Å². The number of hydrogen-bond acceptors (Lipinski definition) is 5. The first-order valence-corrected chi connectivity index (χ1v) is 8.68. The van der Waals surface area contributed by atoms with Gasteiger partial charge in [0.15, 0.2) is 5.60 Å². The van der Waals surface area contributed by atoms with Crippen LogP contribution in [0, 0.1) is 11.6 Å². The Bertz CT molecular complexity index is 908. The normalized spacial score (nSPS) is 13.0. The van der Waals surface area contributed by atoms with E-state index in [1.54, 1.807) is 22.9 Å². The Balaban J connectivity index is 1.71. The van der Waals surface area contributed by atoms with Gasteiger partial charge in [0.05, 0.1) is 18.5 Å². The van der Waals surface area contributed by atoms with E-state index in [0.29, 0.717) is 5.56 Å². The molecule has 2 aromatic heterocycles. The molecule has 0 radical (unpaired) electrons. The summed E-state index contributed by atoms with van der Waals surface area (Å²) in [5.74, 6) is -3.80. The SMILES string of the molecule is O=C(NC[C@@](O)(c1ccsc1)c1ccco1)C(=O)Nc1cc(F)ccc1F. The van der Waals surface area contributed by atoms with Crippen LogP contribution in [0.3, 0.4) is 0 Å². The number of carbonyl (C=O) groups excluding carboxylic acids is 2. The minimum absolute atomic E-state index is 0.179. The monoisotopic (exact) mass is 392 g/mol. The minimum atomic E-state index is -1.69. The first-order chi connectivity index (χ1) is 12.9. The van der Waals surface area contributed by atoms with Crippen LogP contribution in [-0.4, -0.2) is 23.5 Å². The summed E-state index contributed by atoms with van der Waals surface area (Å²) in [6, 6.07) is 7.23. The zero-order chi connectivity index (χ0) is 19.4. The summed E-state index contributed by atoms with van der Waals surface area (Å²) in [7, 11) is 0. The first-order valence-electron chi connectivity index (χ1n) is 7.73. The third-order valence-corrected chi connectivity index (χ3v) is 4.50. The van der Waals surface area contributed by atoms with Crippen molar-refractivity contribution >= 4 is 28.8 Å². The number of furan rings is 1. The maximum atomic E-state index is 13.6. The lowest BCUT2D eigenvalue weighted by molar-refractivity contribution is -0.136. The second-order valence-electron chi connectivity index (χ2n) is 5.61. The number of amides is 2. The second-order valence-corrected chi connectivity index (χ2v) is 6.39. The topological polar surface area (TPSA) is 91.6 Å². The van der Waals surface area contributed by atoms with Crippen molar-refractivity contribution in [1.29, 1.82) is 0 Å². The van der Waals surface area contributed by atoms with Gasteiger partial charge in [0.25, 0.3) is 0 Å². The third kappa shape index (κ3) is 4.04. The summed E-state index contributed by atoms with van der Waals surface area (Å²) < 4.78 is 32.0. The van der Waals surface area contributed by atoms with Gasteiger partial charge in [0.1, 0.15) is 17.4 Å². The molecule has 9 heteroatoms. The molecule has 0 saturated carbocycles. The largest absolute Gasteiger partial charge is 0.466 e. The molecular weight excluding hydrogens is 378 g/mol. The van der Waals surface area contributed by atoms with Gasteiger partial charge in [-0.05, 0) is 41.1 Å². The predicted molar refractivity (Wildman–Crippen MR) is 94.0 cm³/mol. The number of hydrogen-bond donors (Lipinski definition) is 3. The third-order valence-electron chi connectivity index (χ3n) is 3.82. The standard InChI is InChI=1S/C18H14F2N2O4S/c19-12-3-4-13(20)14(8-12)22-17(24)16(23)21-10-18(25,11-5-7-27-9-11)15-2-1-6-26-15/h1-9,25H,10H2,(H,21,23)(H,22,24)/t18-/m1/s1. The average molecular weight is 392 g/mol. The van der Waals surface area contributed by atoms with Gasteiger partial charge < -0.3 is 20.2 Å². The van der Waals surface area contributed by atoms with Crippen LogP contribution in [0.5, 0.6) is 0 Å². The number of anilines is 1. The van der Waals surface area contributed by atoms with Gasteiger partial charge >= 0.3 is 11.8 Å². The average Bonchev–Trinajstić information content (AvgIpc) is 3.36. The molecule has 140 valence electrons. The molecule has 2 amide bonds. The van der Waals surface area contributed by atoms with E-state index in [-0.39, 0.29) is 12.3 Å². The number of rotatable bonds is 5. The highest BCUT2D eigenvalue weighted by Crippen LogP contribution is 2.31. The van der Waals surface area contributed by atoms with Crippen LogP contribution in [0.1, 0.15) is 11.3 Å². The molecule has 0 saturated heterocycles. The molecule has 0 unspecified atom stereocenters. The van der Waals surface area contributed by atoms with Crippen LogP contribution in [0.25, 0.3) is 0 Å². The van der Waals surface area contributed by atoms with Crippen molar-refractivity contribution in [2.24, 2.45) is 0 Å². The predicted octanol–water partition coefficient (Wildman–Crippen LogP) is 2.61. The Labute approximate surface area is 156 Å². The van der Waals surface area contributed by atoms with Crippen LogP contribution in [-0.2, 0) is 15.2 Å². The summed E-state index contributed by atoms with van der Waals surface area (Å²) in [6.45, 7) is -0.366. The van der Waals surface area contributed by atoms with Crippen LogP contribution in [0.2, 0.25) is 0 Å². The Hall–Kier alpha value is -3.04. The second kappa shape index (κ2) is 7.68. The molecule has 0 spiro atoms. The van der Waals surface area contributed by atoms with E-state index in [0.717, 1.165) is 18.2 Å². The van der Waals surface area contributed by atoms with E-state index in [2.05, 4.69) is 5.32 Å². The quantitative estimate of drug-likeness (QED) is 0.582. The number of thiophene rings is 1. The minimum Gasteiger partial charge on any atom is -0.466 e. The number of nitrogens with one attached hydrogen (secondary N) is 2.